The lowest BCUT2D eigenvalue weighted by Crippen LogP contribution is -1.94. The zero-order chi connectivity index (χ0) is 10.0. The minimum Gasteiger partial charge on any atom is -0.207 e. The molecule has 1 rings (SSSR count). The van der Waals surface area contributed by atoms with Crippen molar-refractivity contribution in [1.82, 2.24) is 0 Å². The average Bonchev–Trinajstić information content (AvgIpc) is 2.08. The maximum Gasteiger partial charge on any atom is 0.123 e. The molecule has 0 fully saturated rings. The Labute approximate surface area is 87.0 Å². The molecule has 0 spiro atoms. The second-order valence-corrected chi connectivity index (χ2v) is 3.73. The van der Waals surface area contributed by atoms with Crippen molar-refractivity contribution in [2.24, 2.45) is 0 Å². The van der Waals surface area contributed by atoms with E-state index in [0.717, 1.165) is 0 Å². The number of rotatable bonds is 2. The average molecular weight is 219 g/mol. The van der Waals surface area contributed by atoms with Gasteiger partial charge in [0.25, 0.3) is 0 Å². The molecule has 3 heteroatoms. The van der Waals surface area contributed by atoms with Crippen LogP contribution in [0.4, 0.5) is 4.39 Å². The maximum atomic E-state index is 12.8. The Bertz CT molecular complexity index is 334. The third-order valence-corrected chi connectivity index (χ3v) is 2.57. The summed E-state index contributed by atoms with van der Waals surface area (Å²) in [5.41, 5.74) is 0.668. The van der Waals surface area contributed by atoms with Crippen LogP contribution in [0.3, 0.4) is 0 Å². The van der Waals surface area contributed by atoms with Gasteiger partial charge in [-0.3, -0.25) is 0 Å². The van der Waals surface area contributed by atoms with E-state index in [4.69, 9.17) is 23.2 Å². The molecule has 0 saturated carbocycles. The number of hydrogen-bond donors (Lipinski definition) is 0. The van der Waals surface area contributed by atoms with E-state index in [1.807, 2.05) is 6.92 Å². The van der Waals surface area contributed by atoms with Gasteiger partial charge in [-0.2, -0.15) is 0 Å². The molecular formula is C10H9Cl2F. The summed E-state index contributed by atoms with van der Waals surface area (Å²) in [6.07, 6.45) is 0. The van der Waals surface area contributed by atoms with E-state index in [-0.39, 0.29) is 11.7 Å². The summed E-state index contributed by atoms with van der Waals surface area (Å²) in [4.78, 5) is 0. The highest BCUT2D eigenvalue weighted by Gasteiger charge is 2.12. The first-order valence-corrected chi connectivity index (χ1v) is 4.57. The lowest BCUT2D eigenvalue weighted by molar-refractivity contribution is 0.624. The Balaban J connectivity index is 3.12. The SMILES string of the molecule is C=C(Cl)C(C)c1cc(F)ccc1Cl. The monoisotopic (exact) mass is 218 g/mol. The van der Waals surface area contributed by atoms with Crippen molar-refractivity contribution in [3.63, 3.8) is 0 Å². The number of halogens is 3. The Kier molecular flexibility index (Phi) is 3.34. The van der Waals surface area contributed by atoms with Crippen molar-refractivity contribution >= 4 is 23.2 Å². The Morgan fingerprint density at radius 1 is 1.54 bits per heavy atom. The molecule has 0 aliphatic heterocycles. The van der Waals surface area contributed by atoms with Gasteiger partial charge in [0, 0.05) is 16.0 Å². The van der Waals surface area contributed by atoms with Gasteiger partial charge in [0.05, 0.1) is 0 Å². The normalized spacial score (nSPS) is 12.6. The molecule has 0 bridgehead atoms. The Morgan fingerprint density at radius 2 is 2.15 bits per heavy atom. The molecule has 13 heavy (non-hydrogen) atoms. The smallest absolute Gasteiger partial charge is 0.123 e. The standard InChI is InChI=1S/C10H9Cl2F/c1-6(7(2)11)9-5-8(13)3-4-10(9)12/h3-6H,2H2,1H3. The van der Waals surface area contributed by atoms with Gasteiger partial charge in [-0.05, 0) is 23.8 Å². The van der Waals surface area contributed by atoms with E-state index < -0.39 is 0 Å². The van der Waals surface area contributed by atoms with Crippen LogP contribution in [0.1, 0.15) is 18.4 Å². The van der Waals surface area contributed by atoms with Gasteiger partial charge >= 0.3 is 0 Å². The highest BCUT2D eigenvalue weighted by molar-refractivity contribution is 6.32. The fourth-order valence-electron chi connectivity index (χ4n) is 1.02. The molecule has 1 atom stereocenters. The minimum absolute atomic E-state index is 0.134. The first kappa shape index (κ1) is 10.6. The van der Waals surface area contributed by atoms with Gasteiger partial charge in [0.15, 0.2) is 0 Å². The molecule has 1 unspecified atom stereocenters. The summed E-state index contributed by atoms with van der Waals surface area (Å²) >= 11 is 11.6. The highest BCUT2D eigenvalue weighted by atomic mass is 35.5. The van der Waals surface area contributed by atoms with Crippen LogP contribution in [0.5, 0.6) is 0 Å². The molecule has 0 radical (unpaired) electrons. The number of hydrogen-bond acceptors (Lipinski definition) is 0. The lowest BCUT2D eigenvalue weighted by atomic mass is 10.0. The predicted octanol–water partition coefficient (Wildman–Crippen LogP) is 4.34. The first-order valence-electron chi connectivity index (χ1n) is 3.81. The number of allylic oxidation sites excluding steroid dienone is 1. The summed E-state index contributed by atoms with van der Waals surface area (Å²) in [6.45, 7) is 5.42. The fourth-order valence-corrected chi connectivity index (χ4v) is 1.41. The van der Waals surface area contributed by atoms with Crippen LogP contribution in [0.15, 0.2) is 29.8 Å². The van der Waals surface area contributed by atoms with Crippen LogP contribution < -0.4 is 0 Å². The van der Waals surface area contributed by atoms with Gasteiger partial charge in [-0.25, -0.2) is 4.39 Å². The molecule has 0 N–H and O–H groups in total. The number of benzene rings is 1. The zero-order valence-corrected chi connectivity index (χ0v) is 8.66. The fraction of sp³-hybridized carbons (Fsp3) is 0.200. The predicted molar refractivity (Wildman–Crippen MR) is 54.8 cm³/mol. The van der Waals surface area contributed by atoms with Crippen LogP contribution in [-0.4, -0.2) is 0 Å². The molecular weight excluding hydrogens is 210 g/mol. The third-order valence-electron chi connectivity index (χ3n) is 1.89. The second kappa shape index (κ2) is 4.12. The van der Waals surface area contributed by atoms with Crippen molar-refractivity contribution < 1.29 is 4.39 Å². The van der Waals surface area contributed by atoms with Crippen molar-refractivity contribution in [2.45, 2.75) is 12.8 Å². The summed E-state index contributed by atoms with van der Waals surface area (Å²) in [7, 11) is 0. The van der Waals surface area contributed by atoms with Gasteiger partial charge in [-0.15, -0.1) is 0 Å². The van der Waals surface area contributed by atoms with E-state index in [9.17, 15) is 4.39 Å². The molecule has 0 aliphatic carbocycles. The van der Waals surface area contributed by atoms with Crippen LogP contribution in [-0.2, 0) is 0 Å². The third kappa shape index (κ3) is 2.45. The van der Waals surface area contributed by atoms with Gasteiger partial charge in [0.1, 0.15) is 5.82 Å². The molecule has 0 amide bonds. The molecule has 0 saturated heterocycles. The van der Waals surface area contributed by atoms with E-state index in [2.05, 4.69) is 6.58 Å². The molecule has 0 aliphatic rings. The van der Waals surface area contributed by atoms with Crippen molar-refractivity contribution in [3.8, 4) is 0 Å². The molecule has 0 aromatic heterocycles. The van der Waals surface area contributed by atoms with Crippen LogP contribution >= 0.6 is 23.2 Å². The molecule has 1 aromatic carbocycles. The van der Waals surface area contributed by atoms with Crippen LogP contribution in [0, 0.1) is 5.82 Å². The molecule has 1 aromatic rings. The first-order chi connectivity index (χ1) is 6.02. The van der Waals surface area contributed by atoms with Gasteiger partial charge in [0.2, 0.25) is 0 Å². The molecule has 0 nitrogen and oxygen atoms in total. The van der Waals surface area contributed by atoms with Gasteiger partial charge in [-0.1, -0.05) is 36.7 Å². The largest absolute Gasteiger partial charge is 0.207 e. The summed E-state index contributed by atoms with van der Waals surface area (Å²) in [6, 6.07) is 4.21. The summed E-state index contributed by atoms with van der Waals surface area (Å²) < 4.78 is 12.8. The second-order valence-electron chi connectivity index (χ2n) is 2.83. The van der Waals surface area contributed by atoms with Gasteiger partial charge < -0.3 is 0 Å². The van der Waals surface area contributed by atoms with E-state index in [1.165, 1.54) is 18.2 Å². The quantitative estimate of drug-likeness (QED) is 0.694. The Hall–Kier alpha value is -0.530. The van der Waals surface area contributed by atoms with E-state index >= 15 is 0 Å². The molecule has 0 heterocycles. The van der Waals surface area contributed by atoms with Crippen molar-refractivity contribution in [1.29, 1.82) is 0 Å². The van der Waals surface area contributed by atoms with Crippen LogP contribution in [0.2, 0.25) is 5.02 Å². The van der Waals surface area contributed by atoms with Crippen LogP contribution in [0.25, 0.3) is 0 Å². The van der Waals surface area contributed by atoms with E-state index in [1.54, 1.807) is 0 Å². The summed E-state index contributed by atoms with van der Waals surface area (Å²) in [5, 5.41) is 0.961. The lowest BCUT2D eigenvalue weighted by Gasteiger charge is -2.11. The van der Waals surface area contributed by atoms with Crippen molar-refractivity contribution in [2.75, 3.05) is 0 Å². The topological polar surface area (TPSA) is 0 Å². The summed E-state index contributed by atoms with van der Waals surface area (Å²) in [5.74, 6) is -0.450. The molecule has 70 valence electrons. The maximum absolute atomic E-state index is 12.8. The zero-order valence-electron chi connectivity index (χ0n) is 7.15. The van der Waals surface area contributed by atoms with E-state index in [0.29, 0.717) is 15.6 Å². The minimum atomic E-state index is -0.316. The Morgan fingerprint density at radius 3 is 2.69 bits per heavy atom. The highest BCUT2D eigenvalue weighted by Crippen LogP contribution is 2.31. The van der Waals surface area contributed by atoms with Crippen molar-refractivity contribution in [3.05, 3.63) is 46.2 Å².